The van der Waals surface area contributed by atoms with Gasteiger partial charge >= 0.3 is 17.9 Å². The molecule has 0 fully saturated rings. The highest BCUT2D eigenvalue weighted by molar-refractivity contribution is 5.71. The number of H-pyrrole nitrogens is 1. The van der Waals surface area contributed by atoms with Crippen LogP contribution in [0.4, 0.5) is 0 Å². The first-order valence-electron chi connectivity index (χ1n) is 22.9. The molecule has 0 aliphatic rings. The van der Waals surface area contributed by atoms with Crippen molar-refractivity contribution in [2.45, 2.75) is 160 Å². The number of carbonyl (C=O) groups is 3. The molecule has 1 N–H and O–H groups in total. The summed E-state index contributed by atoms with van der Waals surface area (Å²) in [5, 5.41) is 32.5. The summed E-state index contributed by atoms with van der Waals surface area (Å²) >= 11 is 0. The highest BCUT2D eigenvalue weighted by Crippen LogP contribution is 2.22. The molecule has 0 bridgehead atoms. The number of ether oxygens (including phenoxy) is 4. The predicted octanol–water partition coefficient (Wildman–Crippen LogP) is 7.94. The van der Waals surface area contributed by atoms with Crippen LogP contribution in [0.2, 0.25) is 0 Å². The molecule has 22 nitrogen and oxygen atoms in total. The first kappa shape index (κ1) is 58.8. The summed E-state index contributed by atoms with van der Waals surface area (Å²) in [6.07, 6.45) is 5.53. The second-order valence-corrected chi connectivity index (χ2v) is 19.4. The highest BCUT2D eigenvalue weighted by Gasteiger charge is 2.21. The summed E-state index contributed by atoms with van der Waals surface area (Å²) in [5.74, 6) is 2.01. The van der Waals surface area contributed by atoms with E-state index in [9.17, 15) is 14.4 Å². The Kier molecular flexibility index (Phi) is 20.9. The maximum atomic E-state index is 12.1. The molecule has 0 aliphatic carbocycles. The number of nitrogens with zero attached hydrogens (tertiary/aromatic N) is 14. The molecule has 0 spiro atoms. The van der Waals surface area contributed by atoms with Crippen molar-refractivity contribution in [1.82, 2.24) is 74.1 Å². The van der Waals surface area contributed by atoms with Crippen molar-refractivity contribution < 1.29 is 33.3 Å². The number of aryl methyl sites for hydroxylation is 7. The van der Waals surface area contributed by atoms with Crippen LogP contribution in [-0.2, 0) is 61.8 Å². The normalized spacial score (nSPS) is 11.2. The zero-order valence-corrected chi connectivity index (χ0v) is 42.8. The van der Waals surface area contributed by atoms with Gasteiger partial charge in [0.25, 0.3) is 0 Å². The van der Waals surface area contributed by atoms with Crippen molar-refractivity contribution in [2.24, 2.45) is 7.05 Å². The van der Waals surface area contributed by atoms with E-state index >= 15 is 0 Å². The molecule has 7 aromatic rings. The van der Waals surface area contributed by atoms with Gasteiger partial charge in [0.15, 0.2) is 17.5 Å². The first-order chi connectivity index (χ1) is 32.8. The molecule has 22 heteroatoms. The van der Waals surface area contributed by atoms with E-state index in [1.165, 1.54) is 6.33 Å². The van der Waals surface area contributed by atoms with Crippen LogP contribution in [-0.4, -0.2) is 116 Å². The topological polar surface area (TPSA) is 245 Å². The lowest BCUT2D eigenvalue weighted by Crippen LogP contribution is -2.24. The van der Waals surface area contributed by atoms with Crippen molar-refractivity contribution >= 4 is 17.9 Å². The van der Waals surface area contributed by atoms with Crippen molar-refractivity contribution in [3.63, 3.8) is 0 Å². The van der Waals surface area contributed by atoms with Crippen LogP contribution in [0.1, 0.15) is 119 Å². The zero-order chi connectivity index (χ0) is 51.4. The van der Waals surface area contributed by atoms with E-state index in [-0.39, 0.29) is 52.0 Å². The van der Waals surface area contributed by atoms with Gasteiger partial charge in [-0.15, -0.1) is 15.3 Å². The van der Waals surface area contributed by atoms with Crippen LogP contribution in [0, 0.1) is 20.8 Å². The van der Waals surface area contributed by atoms with Crippen molar-refractivity contribution in [1.29, 1.82) is 0 Å². The van der Waals surface area contributed by atoms with Crippen molar-refractivity contribution in [3.8, 4) is 40.3 Å². The van der Waals surface area contributed by atoms with Gasteiger partial charge in [-0.25, -0.2) is 9.97 Å². The number of nitrogens with one attached hydrogen (secondary N) is 1. The Bertz CT molecular complexity index is 2780. The minimum absolute atomic E-state index is 0. The van der Waals surface area contributed by atoms with Gasteiger partial charge in [-0.05, 0) is 119 Å². The minimum atomic E-state index is -0.502. The number of methoxy groups -OCH3 is 1. The SMILES string of the molecule is C.C.COc1ccc(Cn2cnnc2-c2cc(C)nn2CCC(=O)OC(C)(C)C)cc1.Cc1cc(-c2ncn(C)n2)n(CCC(=O)OC(C)(C)C)n1.Cc1cc(-c2ncn[nH]2)n(CCC(=O)OC(C)(C)C)n1. The highest BCUT2D eigenvalue weighted by atomic mass is 16.6. The van der Waals surface area contributed by atoms with E-state index < -0.39 is 16.8 Å². The largest absolute Gasteiger partial charge is 0.497 e. The average molecular weight is 998 g/mol. The summed E-state index contributed by atoms with van der Waals surface area (Å²) in [6, 6.07) is 13.6. The number of rotatable bonds is 15. The van der Waals surface area contributed by atoms with E-state index in [0.29, 0.717) is 43.7 Å². The summed E-state index contributed by atoms with van der Waals surface area (Å²) in [4.78, 5) is 43.9. The first-order valence-corrected chi connectivity index (χ1v) is 22.9. The molecule has 0 atom stereocenters. The lowest BCUT2D eigenvalue weighted by molar-refractivity contribution is -0.156. The van der Waals surface area contributed by atoms with Crippen molar-refractivity contribution in [2.75, 3.05) is 7.11 Å². The van der Waals surface area contributed by atoms with E-state index in [1.54, 1.807) is 38.5 Å². The summed E-state index contributed by atoms with van der Waals surface area (Å²) in [6.45, 7) is 24.3. The molecule has 0 radical (unpaired) electrons. The fourth-order valence-corrected chi connectivity index (χ4v) is 6.75. The third-order valence-electron chi connectivity index (χ3n) is 9.39. The maximum absolute atomic E-state index is 12.1. The molecule has 0 saturated heterocycles. The molecule has 6 aromatic heterocycles. The molecular formula is C50H75N15O7. The van der Waals surface area contributed by atoms with Crippen LogP contribution in [0.3, 0.4) is 0 Å². The lowest BCUT2D eigenvalue weighted by Gasteiger charge is -2.19. The van der Waals surface area contributed by atoms with Crippen LogP contribution in [0.5, 0.6) is 5.75 Å². The Labute approximate surface area is 422 Å². The third-order valence-corrected chi connectivity index (χ3v) is 9.39. The minimum Gasteiger partial charge on any atom is -0.497 e. The number of aromatic nitrogens is 15. The molecule has 392 valence electrons. The molecule has 72 heavy (non-hydrogen) atoms. The van der Waals surface area contributed by atoms with E-state index in [1.807, 2.05) is 137 Å². The van der Waals surface area contributed by atoms with Gasteiger partial charge in [0.1, 0.15) is 58.6 Å². The molecular weight excluding hydrogens is 923 g/mol. The number of hydrogen-bond donors (Lipinski definition) is 1. The van der Waals surface area contributed by atoms with Gasteiger partial charge in [-0.3, -0.25) is 38.2 Å². The quantitative estimate of drug-likeness (QED) is 0.0756. The smallest absolute Gasteiger partial charge is 0.308 e. The Hall–Kier alpha value is -7.52. The second kappa shape index (κ2) is 25.6. The van der Waals surface area contributed by atoms with Gasteiger partial charge in [0, 0.05) is 7.05 Å². The number of aromatic amines is 1. The van der Waals surface area contributed by atoms with Crippen LogP contribution < -0.4 is 4.74 Å². The third kappa shape index (κ3) is 18.7. The Morgan fingerprint density at radius 3 is 1.50 bits per heavy atom. The van der Waals surface area contributed by atoms with Gasteiger partial charge in [-0.1, -0.05) is 27.0 Å². The average Bonchev–Trinajstić information content (AvgIpc) is 4.12. The molecule has 6 heterocycles. The predicted molar refractivity (Wildman–Crippen MR) is 272 cm³/mol. The molecule has 0 saturated carbocycles. The van der Waals surface area contributed by atoms with Gasteiger partial charge < -0.3 is 23.5 Å². The number of carbonyl (C=O) groups excluding carboxylic acids is 3. The Morgan fingerprint density at radius 1 is 0.611 bits per heavy atom. The Morgan fingerprint density at radius 2 is 1.07 bits per heavy atom. The van der Waals surface area contributed by atoms with E-state index in [0.717, 1.165) is 45.5 Å². The Balaban J connectivity index is 0.000000288. The van der Waals surface area contributed by atoms with Crippen LogP contribution in [0.25, 0.3) is 34.6 Å². The fraction of sp³-hybridized carbons (Fsp3) is 0.520. The lowest BCUT2D eigenvalue weighted by atomic mass is 10.2. The second-order valence-electron chi connectivity index (χ2n) is 19.4. The molecule has 1 aromatic carbocycles. The zero-order valence-electron chi connectivity index (χ0n) is 42.8. The van der Waals surface area contributed by atoms with Gasteiger partial charge in [0.05, 0.1) is 69.6 Å². The number of hydrogen-bond acceptors (Lipinski definition) is 16. The number of benzene rings is 1. The van der Waals surface area contributed by atoms with Gasteiger partial charge in [0.2, 0.25) is 0 Å². The summed E-state index contributed by atoms with van der Waals surface area (Å²) in [5.41, 5.74) is 4.66. The molecule has 7 rings (SSSR count). The molecule has 0 aliphatic heterocycles. The maximum Gasteiger partial charge on any atom is 0.308 e. The summed E-state index contributed by atoms with van der Waals surface area (Å²) in [7, 11) is 3.46. The van der Waals surface area contributed by atoms with Crippen LogP contribution >= 0.6 is 0 Å². The van der Waals surface area contributed by atoms with E-state index in [2.05, 4.69) is 50.8 Å². The summed E-state index contributed by atoms with van der Waals surface area (Å²) < 4.78 is 30.0. The monoisotopic (exact) mass is 998 g/mol. The van der Waals surface area contributed by atoms with Crippen molar-refractivity contribution in [3.05, 3.63) is 84.1 Å². The fourth-order valence-electron chi connectivity index (χ4n) is 6.75. The molecule has 0 amide bonds. The van der Waals surface area contributed by atoms with E-state index in [4.69, 9.17) is 18.9 Å². The number of esters is 3. The van der Waals surface area contributed by atoms with Gasteiger partial charge in [-0.2, -0.15) is 20.4 Å². The standard InChI is InChI=1S/C21H27N5O3.C14H21N5O2.C13H19N5O2.2CH4/c1-15-12-18(26(24-15)11-10-19(27)29-21(2,3)4)20-23-22-14-25(20)13-16-6-8-17(28-5)9-7-16;1-10-8-11(13-15-9-18(5)17-13)19(16-10)7-6-12(20)21-14(2,3)4;1-9-7-10(12-14-8-15-16-12)18(17-9)6-5-11(19)20-13(2,3)4;;/h6-9,12,14H,10-11,13H2,1-5H3;8-9H,6-7H2,1-5H3;7-8H,5-6H2,1-4H3,(H,14,15,16);2*1H4. The van der Waals surface area contributed by atoms with Crippen LogP contribution in [0.15, 0.2) is 61.4 Å². The molecule has 0 unspecified atom stereocenters.